The summed E-state index contributed by atoms with van der Waals surface area (Å²) in [6.45, 7) is 0.732. The summed E-state index contributed by atoms with van der Waals surface area (Å²) in [4.78, 5) is 18.9. The molecule has 180 valence electrons. The Hall–Kier alpha value is -3.62. The molecular weight excluding hydrogens is 470 g/mol. The third-order valence-electron chi connectivity index (χ3n) is 4.06. The third kappa shape index (κ3) is 7.48. The van der Waals surface area contributed by atoms with E-state index in [1.165, 1.54) is 0 Å². The molecule has 1 fully saturated rings. The third-order valence-corrected chi connectivity index (χ3v) is 4.06. The maximum absolute atomic E-state index is 12.6. The number of non-ortho nitro benzene ring substituents is 2. The maximum Gasteiger partial charge on any atom is 0.416 e. The summed E-state index contributed by atoms with van der Waals surface area (Å²) < 4.78 is 84.4. The van der Waals surface area contributed by atoms with Gasteiger partial charge in [0.05, 0.1) is 46.3 Å². The van der Waals surface area contributed by atoms with Gasteiger partial charge in [-0.25, -0.2) is 0 Å². The summed E-state index contributed by atoms with van der Waals surface area (Å²) >= 11 is 0. The average molecular weight is 484 g/mol. The van der Waals surface area contributed by atoms with Crippen LogP contribution in [0.15, 0.2) is 36.4 Å². The lowest BCUT2D eigenvalue weighted by Crippen LogP contribution is -2.16. The predicted molar refractivity (Wildman–Crippen MR) is 97.7 cm³/mol. The van der Waals surface area contributed by atoms with Gasteiger partial charge in [0.1, 0.15) is 17.6 Å². The molecule has 1 unspecified atom stereocenters. The van der Waals surface area contributed by atoms with Crippen molar-refractivity contribution in [1.82, 2.24) is 0 Å². The summed E-state index contributed by atoms with van der Waals surface area (Å²) in [7, 11) is 0. The van der Waals surface area contributed by atoms with Crippen molar-refractivity contribution in [3.05, 3.63) is 67.8 Å². The molecule has 1 aliphatic rings. The zero-order chi connectivity index (χ0) is 25.0. The van der Waals surface area contributed by atoms with Crippen LogP contribution in [0.2, 0.25) is 0 Å². The highest BCUT2D eigenvalue weighted by molar-refractivity contribution is 5.44. The molecule has 0 bridgehead atoms. The first-order chi connectivity index (χ1) is 15.2. The number of nitro groups is 2. The molecule has 0 aliphatic carbocycles. The molecular formula is C18H14F6N2O7. The highest BCUT2D eigenvalue weighted by Gasteiger charge is 2.34. The molecule has 1 saturated heterocycles. The van der Waals surface area contributed by atoms with Crippen molar-refractivity contribution in [3.63, 3.8) is 0 Å². The second-order valence-electron chi connectivity index (χ2n) is 6.57. The van der Waals surface area contributed by atoms with Crippen LogP contribution in [0.3, 0.4) is 0 Å². The van der Waals surface area contributed by atoms with Crippen molar-refractivity contribution in [2.75, 3.05) is 13.2 Å². The Labute approximate surface area is 180 Å². The van der Waals surface area contributed by atoms with Crippen LogP contribution in [-0.4, -0.2) is 34.3 Å². The van der Waals surface area contributed by atoms with Crippen LogP contribution in [0.5, 0.6) is 11.5 Å². The van der Waals surface area contributed by atoms with E-state index in [0.717, 1.165) is 12.1 Å². The van der Waals surface area contributed by atoms with E-state index in [-0.39, 0.29) is 18.5 Å². The minimum atomic E-state index is -4.70. The molecule has 15 heteroatoms. The van der Waals surface area contributed by atoms with E-state index in [0.29, 0.717) is 37.3 Å². The number of phenolic OH excluding ortho intramolecular Hbond substituents is 1. The van der Waals surface area contributed by atoms with Crippen molar-refractivity contribution in [1.29, 1.82) is 0 Å². The van der Waals surface area contributed by atoms with Gasteiger partial charge in [0, 0.05) is 18.6 Å². The summed E-state index contributed by atoms with van der Waals surface area (Å²) in [5, 5.41) is 29.6. The zero-order valence-electron chi connectivity index (χ0n) is 16.2. The number of phenols is 1. The molecule has 0 radical (unpaired) electrons. The van der Waals surface area contributed by atoms with Crippen LogP contribution in [-0.2, 0) is 17.1 Å². The second-order valence-corrected chi connectivity index (χ2v) is 6.57. The number of nitro benzene ring substituents is 2. The molecule has 33 heavy (non-hydrogen) atoms. The van der Waals surface area contributed by atoms with Gasteiger partial charge in [-0.15, -0.1) is 0 Å². The summed E-state index contributed by atoms with van der Waals surface area (Å²) in [6.07, 6.45) is -9.19. The number of rotatable bonds is 4. The van der Waals surface area contributed by atoms with E-state index < -0.39 is 50.5 Å². The van der Waals surface area contributed by atoms with Gasteiger partial charge in [0.2, 0.25) is 0 Å². The van der Waals surface area contributed by atoms with E-state index in [2.05, 4.69) is 0 Å². The Morgan fingerprint density at radius 1 is 0.879 bits per heavy atom. The van der Waals surface area contributed by atoms with E-state index in [1.807, 2.05) is 0 Å². The standard InChI is InChI=1S/C11H10F3NO4.C7H4F3NO3/c12-11(13,14)7-3-8(15(16)17)5-10(4-7)19-9-1-2-18-6-9;8-7(9,10)4-1-5(11(13)14)3-6(12)2-4/h3-5,9H,1-2,6H2;1-3,12H. The number of ether oxygens (including phenoxy) is 2. The van der Waals surface area contributed by atoms with Gasteiger partial charge in [-0.05, 0) is 12.1 Å². The molecule has 0 aromatic heterocycles. The van der Waals surface area contributed by atoms with E-state index in [9.17, 15) is 46.6 Å². The topological polar surface area (TPSA) is 125 Å². The lowest BCUT2D eigenvalue weighted by molar-refractivity contribution is -0.385. The van der Waals surface area contributed by atoms with Gasteiger partial charge in [-0.3, -0.25) is 20.2 Å². The molecule has 9 nitrogen and oxygen atoms in total. The molecule has 0 spiro atoms. The Kier molecular flexibility index (Phi) is 7.68. The number of benzene rings is 2. The first-order valence-corrected chi connectivity index (χ1v) is 8.83. The number of aromatic hydroxyl groups is 1. The number of hydrogen-bond donors (Lipinski definition) is 1. The minimum Gasteiger partial charge on any atom is -0.508 e. The van der Waals surface area contributed by atoms with Crippen LogP contribution < -0.4 is 4.74 Å². The van der Waals surface area contributed by atoms with Gasteiger partial charge in [0.25, 0.3) is 11.4 Å². The lowest BCUT2D eigenvalue weighted by Gasteiger charge is -2.14. The van der Waals surface area contributed by atoms with Gasteiger partial charge in [-0.2, -0.15) is 26.3 Å². The van der Waals surface area contributed by atoms with E-state index >= 15 is 0 Å². The molecule has 3 rings (SSSR count). The number of alkyl halides is 6. The van der Waals surface area contributed by atoms with Crippen molar-refractivity contribution in [2.24, 2.45) is 0 Å². The monoisotopic (exact) mass is 484 g/mol. The molecule has 1 N–H and O–H groups in total. The highest BCUT2D eigenvalue weighted by atomic mass is 19.4. The molecule has 0 saturated carbocycles. The average Bonchev–Trinajstić information content (AvgIpc) is 3.19. The normalized spacial score (nSPS) is 16.0. The number of hydrogen-bond acceptors (Lipinski definition) is 7. The second kappa shape index (κ2) is 9.89. The largest absolute Gasteiger partial charge is 0.508 e. The van der Waals surface area contributed by atoms with Crippen LogP contribution in [0, 0.1) is 20.2 Å². The molecule has 1 atom stereocenters. The van der Waals surface area contributed by atoms with Crippen molar-refractivity contribution >= 4 is 11.4 Å². The Morgan fingerprint density at radius 2 is 1.39 bits per heavy atom. The SMILES string of the molecule is O=[N+]([O-])c1cc(O)cc(C(F)(F)F)c1.O=[N+]([O-])c1cc(OC2CCOC2)cc(C(F)(F)F)c1. The minimum absolute atomic E-state index is 0.169. The Bertz CT molecular complexity index is 1020. The van der Waals surface area contributed by atoms with Crippen LogP contribution in [0.25, 0.3) is 0 Å². The Balaban J connectivity index is 0.000000245. The van der Waals surface area contributed by atoms with Crippen molar-refractivity contribution < 1.29 is 50.8 Å². The molecule has 1 heterocycles. The van der Waals surface area contributed by atoms with Gasteiger partial charge in [-0.1, -0.05) is 0 Å². The zero-order valence-corrected chi connectivity index (χ0v) is 16.2. The van der Waals surface area contributed by atoms with Gasteiger partial charge < -0.3 is 14.6 Å². The predicted octanol–water partition coefficient (Wildman–Crippen LogP) is 5.10. The lowest BCUT2D eigenvalue weighted by atomic mass is 10.2. The van der Waals surface area contributed by atoms with Crippen molar-refractivity contribution in [2.45, 2.75) is 24.9 Å². The molecule has 0 amide bonds. The molecule has 1 aliphatic heterocycles. The van der Waals surface area contributed by atoms with Crippen LogP contribution in [0.4, 0.5) is 37.7 Å². The summed E-state index contributed by atoms with van der Waals surface area (Å²) in [6, 6.07) is 3.65. The van der Waals surface area contributed by atoms with Crippen LogP contribution >= 0.6 is 0 Å². The first kappa shape index (κ1) is 25.6. The van der Waals surface area contributed by atoms with E-state index in [1.54, 1.807) is 0 Å². The molecule has 2 aromatic carbocycles. The number of halogens is 6. The van der Waals surface area contributed by atoms with E-state index in [4.69, 9.17) is 14.6 Å². The fourth-order valence-electron chi connectivity index (χ4n) is 2.58. The number of nitrogens with zero attached hydrogens (tertiary/aromatic N) is 2. The summed E-state index contributed by atoms with van der Waals surface area (Å²) in [5.74, 6) is -0.955. The van der Waals surface area contributed by atoms with Gasteiger partial charge in [0.15, 0.2) is 0 Å². The smallest absolute Gasteiger partial charge is 0.416 e. The van der Waals surface area contributed by atoms with Crippen molar-refractivity contribution in [3.8, 4) is 11.5 Å². The fourth-order valence-corrected chi connectivity index (χ4v) is 2.58. The van der Waals surface area contributed by atoms with Gasteiger partial charge >= 0.3 is 12.4 Å². The summed E-state index contributed by atoms with van der Waals surface area (Å²) in [5.41, 5.74) is -3.79. The highest BCUT2D eigenvalue weighted by Crippen LogP contribution is 2.36. The molecule has 2 aromatic rings. The maximum atomic E-state index is 12.6. The first-order valence-electron chi connectivity index (χ1n) is 8.83. The Morgan fingerprint density at radius 3 is 1.85 bits per heavy atom. The fraction of sp³-hybridized carbons (Fsp3) is 0.333. The quantitative estimate of drug-likeness (QED) is 0.364. The van der Waals surface area contributed by atoms with Crippen LogP contribution in [0.1, 0.15) is 17.5 Å².